The van der Waals surface area contributed by atoms with Gasteiger partial charge in [0.2, 0.25) is 5.91 Å². The number of carbonyl (C=O) groups excluding carboxylic acids is 1. The van der Waals surface area contributed by atoms with Crippen LogP contribution in [0.4, 0.5) is 0 Å². The molecule has 0 aromatic heterocycles. The highest BCUT2D eigenvalue weighted by Gasteiger charge is 2.34. The molecular formula is C22H27NO3. The number of benzene rings is 2. The van der Waals surface area contributed by atoms with Gasteiger partial charge in [-0.2, -0.15) is 0 Å². The van der Waals surface area contributed by atoms with Crippen LogP contribution in [-0.2, 0) is 11.2 Å². The summed E-state index contributed by atoms with van der Waals surface area (Å²) in [5.41, 5.74) is 4.07. The Labute approximate surface area is 155 Å². The lowest BCUT2D eigenvalue weighted by molar-refractivity contribution is -0.121. The highest BCUT2D eigenvalue weighted by Crippen LogP contribution is 2.41. The predicted molar refractivity (Wildman–Crippen MR) is 103 cm³/mol. The molecule has 0 aliphatic carbocycles. The molecule has 0 fully saturated rings. The number of rotatable bonds is 4. The molecule has 138 valence electrons. The fraction of sp³-hybridized carbons (Fsp3) is 0.409. The molecule has 0 spiro atoms. The lowest BCUT2D eigenvalue weighted by atomic mass is 9.89. The summed E-state index contributed by atoms with van der Waals surface area (Å²) in [7, 11) is 1.64. The molecule has 0 radical (unpaired) electrons. The molecule has 4 heteroatoms. The molecular weight excluding hydrogens is 326 g/mol. The van der Waals surface area contributed by atoms with Crippen LogP contribution < -0.4 is 14.8 Å². The van der Waals surface area contributed by atoms with Crippen molar-refractivity contribution in [3.05, 3.63) is 58.7 Å². The standard InChI is InChI=1S/C22H27NO3/c1-14-6-7-16(15(2)10-14)11-21(24)23-19-13-22(3,4)26-20-12-17(25-5)8-9-18(19)20/h6-10,12,19H,11,13H2,1-5H3,(H,23,24)/t19-/m1/s1. The quantitative estimate of drug-likeness (QED) is 0.893. The van der Waals surface area contributed by atoms with Crippen molar-refractivity contribution in [1.82, 2.24) is 5.32 Å². The van der Waals surface area contributed by atoms with E-state index in [1.165, 1.54) is 5.56 Å². The Morgan fingerprint density at radius 2 is 2.00 bits per heavy atom. The molecule has 0 saturated heterocycles. The minimum absolute atomic E-state index is 0.0291. The first-order chi connectivity index (χ1) is 12.3. The fourth-order valence-corrected chi connectivity index (χ4v) is 3.55. The molecule has 1 heterocycles. The van der Waals surface area contributed by atoms with E-state index in [4.69, 9.17) is 9.47 Å². The zero-order chi connectivity index (χ0) is 18.9. The average Bonchev–Trinajstić information content (AvgIpc) is 2.55. The number of ether oxygens (including phenoxy) is 2. The van der Waals surface area contributed by atoms with Crippen LogP contribution >= 0.6 is 0 Å². The van der Waals surface area contributed by atoms with Crippen LogP contribution in [0.2, 0.25) is 0 Å². The number of aryl methyl sites for hydroxylation is 2. The average molecular weight is 353 g/mol. The minimum atomic E-state index is -0.350. The van der Waals surface area contributed by atoms with Crippen molar-refractivity contribution < 1.29 is 14.3 Å². The predicted octanol–water partition coefficient (Wildman–Crippen LogP) is 4.27. The van der Waals surface area contributed by atoms with Crippen LogP contribution in [0.25, 0.3) is 0 Å². The van der Waals surface area contributed by atoms with Crippen LogP contribution in [-0.4, -0.2) is 18.6 Å². The van der Waals surface area contributed by atoms with E-state index < -0.39 is 0 Å². The van der Waals surface area contributed by atoms with Gasteiger partial charge in [-0.3, -0.25) is 4.79 Å². The maximum absolute atomic E-state index is 12.7. The number of nitrogens with one attached hydrogen (secondary N) is 1. The lowest BCUT2D eigenvalue weighted by Gasteiger charge is -2.38. The maximum atomic E-state index is 12.7. The summed E-state index contributed by atoms with van der Waals surface area (Å²) in [4.78, 5) is 12.7. The number of hydrogen-bond donors (Lipinski definition) is 1. The van der Waals surface area contributed by atoms with Crippen molar-refractivity contribution >= 4 is 5.91 Å². The third-order valence-electron chi connectivity index (χ3n) is 4.86. The Morgan fingerprint density at radius 1 is 1.23 bits per heavy atom. The van der Waals surface area contributed by atoms with Gasteiger partial charge < -0.3 is 14.8 Å². The largest absolute Gasteiger partial charge is 0.497 e. The van der Waals surface area contributed by atoms with Crippen molar-refractivity contribution in [2.24, 2.45) is 0 Å². The number of hydrogen-bond acceptors (Lipinski definition) is 3. The second-order valence-electron chi connectivity index (χ2n) is 7.70. The number of carbonyl (C=O) groups is 1. The first-order valence-corrected chi connectivity index (χ1v) is 9.00. The molecule has 0 unspecified atom stereocenters. The zero-order valence-corrected chi connectivity index (χ0v) is 16.2. The van der Waals surface area contributed by atoms with Gasteiger partial charge in [-0.05, 0) is 51.0 Å². The molecule has 1 atom stereocenters. The molecule has 1 aliphatic rings. The Kier molecular flexibility index (Phi) is 4.94. The first kappa shape index (κ1) is 18.3. The van der Waals surface area contributed by atoms with E-state index in [2.05, 4.69) is 31.3 Å². The van der Waals surface area contributed by atoms with E-state index in [9.17, 15) is 4.79 Å². The SMILES string of the molecule is COc1ccc2c(c1)OC(C)(C)C[C@H]2NC(=O)Cc1ccc(C)cc1C. The normalized spacial score (nSPS) is 17.8. The molecule has 1 amide bonds. The van der Waals surface area contributed by atoms with Gasteiger partial charge in [0.1, 0.15) is 17.1 Å². The molecule has 0 saturated carbocycles. The molecule has 4 nitrogen and oxygen atoms in total. The van der Waals surface area contributed by atoms with Gasteiger partial charge in [-0.15, -0.1) is 0 Å². The topological polar surface area (TPSA) is 47.6 Å². The summed E-state index contributed by atoms with van der Waals surface area (Å²) in [5, 5.41) is 3.20. The van der Waals surface area contributed by atoms with Crippen LogP contribution in [0.3, 0.4) is 0 Å². The van der Waals surface area contributed by atoms with E-state index in [1.807, 2.05) is 38.1 Å². The first-order valence-electron chi connectivity index (χ1n) is 9.00. The van der Waals surface area contributed by atoms with Crippen LogP contribution in [0.5, 0.6) is 11.5 Å². The van der Waals surface area contributed by atoms with Gasteiger partial charge in [-0.25, -0.2) is 0 Å². The third-order valence-corrected chi connectivity index (χ3v) is 4.86. The second-order valence-corrected chi connectivity index (χ2v) is 7.70. The Balaban J connectivity index is 1.79. The maximum Gasteiger partial charge on any atom is 0.224 e. The van der Waals surface area contributed by atoms with Crippen LogP contribution in [0, 0.1) is 13.8 Å². The highest BCUT2D eigenvalue weighted by molar-refractivity contribution is 5.79. The van der Waals surface area contributed by atoms with E-state index in [-0.39, 0.29) is 17.6 Å². The van der Waals surface area contributed by atoms with Crippen molar-refractivity contribution in [2.75, 3.05) is 7.11 Å². The van der Waals surface area contributed by atoms with Gasteiger partial charge in [-0.1, -0.05) is 23.8 Å². The summed E-state index contributed by atoms with van der Waals surface area (Å²) in [6.07, 6.45) is 1.11. The van der Waals surface area contributed by atoms with Gasteiger partial charge in [0.25, 0.3) is 0 Å². The van der Waals surface area contributed by atoms with Crippen molar-refractivity contribution in [3.8, 4) is 11.5 Å². The molecule has 0 bridgehead atoms. The fourth-order valence-electron chi connectivity index (χ4n) is 3.55. The summed E-state index contributed by atoms with van der Waals surface area (Å²) in [5.74, 6) is 1.56. The summed E-state index contributed by atoms with van der Waals surface area (Å²) < 4.78 is 11.4. The van der Waals surface area contributed by atoms with Crippen molar-refractivity contribution in [3.63, 3.8) is 0 Å². The molecule has 2 aromatic carbocycles. The van der Waals surface area contributed by atoms with Crippen molar-refractivity contribution in [2.45, 2.75) is 52.2 Å². The molecule has 26 heavy (non-hydrogen) atoms. The molecule has 2 aromatic rings. The van der Waals surface area contributed by atoms with E-state index in [0.717, 1.165) is 34.6 Å². The van der Waals surface area contributed by atoms with Crippen LogP contribution in [0.15, 0.2) is 36.4 Å². The van der Waals surface area contributed by atoms with Gasteiger partial charge in [0.05, 0.1) is 19.6 Å². The molecule has 3 rings (SSSR count). The smallest absolute Gasteiger partial charge is 0.224 e. The van der Waals surface area contributed by atoms with E-state index in [0.29, 0.717) is 6.42 Å². The highest BCUT2D eigenvalue weighted by atomic mass is 16.5. The third kappa shape index (κ3) is 4.01. The Hall–Kier alpha value is -2.49. The van der Waals surface area contributed by atoms with Gasteiger partial charge >= 0.3 is 0 Å². The van der Waals surface area contributed by atoms with E-state index in [1.54, 1.807) is 7.11 Å². The lowest BCUT2D eigenvalue weighted by Crippen LogP contribution is -2.41. The summed E-state index contributed by atoms with van der Waals surface area (Å²) in [6.45, 7) is 8.19. The summed E-state index contributed by atoms with van der Waals surface area (Å²) >= 11 is 0. The number of fused-ring (bicyclic) bond motifs is 1. The molecule has 1 N–H and O–H groups in total. The van der Waals surface area contributed by atoms with Gasteiger partial charge in [0.15, 0.2) is 0 Å². The number of amides is 1. The van der Waals surface area contributed by atoms with E-state index >= 15 is 0 Å². The zero-order valence-electron chi connectivity index (χ0n) is 16.2. The second kappa shape index (κ2) is 7.02. The Bertz CT molecular complexity index is 826. The Morgan fingerprint density at radius 3 is 2.69 bits per heavy atom. The summed E-state index contributed by atoms with van der Waals surface area (Å²) in [6, 6.07) is 11.9. The number of methoxy groups -OCH3 is 1. The monoisotopic (exact) mass is 353 g/mol. The van der Waals surface area contributed by atoms with Crippen molar-refractivity contribution in [1.29, 1.82) is 0 Å². The van der Waals surface area contributed by atoms with Gasteiger partial charge in [0, 0.05) is 18.1 Å². The molecule has 1 aliphatic heterocycles. The van der Waals surface area contributed by atoms with Crippen LogP contribution in [0.1, 0.15) is 48.6 Å². The minimum Gasteiger partial charge on any atom is -0.497 e.